The van der Waals surface area contributed by atoms with Gasteiger partial charge in [0.2, 0.25) is 5.91 Å². The van der Waals surface area contributed by atoms with Crippen LogP contribution >= 0.6 is 0 Å². The maximum Gasteiger partial charge on any atom is 0.223 e. The van der Waals surface area contributed by atoms with Gasteiger partial charge in [0.1, 0.15) is 0 Å². The summed E-state index contributed by atoms with van der Waals surface area (Å²) in [6.45, 7) is 9.62. The molecule has 1 aliphatic carbocycles. The Balaban J connectivity index is 2.18. The lowest BCUT2D eigenvalue weighted by atomic mass is 9.89. The van der Waals surface area contributed by atoms with E-state index in [4.69, 9.17) is 0 Å². The van der Waals surface area contributed by atoms with Crippen molar-refractivity contribution in [3.8, 4) is 0 Å². The molecule has 5 nitrogen and oxygen atoms in total. The average molecular weight is 325 g/mol. The zero-order valence-electron chi connectivity index (χ0n) is 15.3. The lowest BCUT2D eigenvalue weighted by Crippen LogP contribution is -2.42. The van der Waals surface area contributed by atoms with Gasteiger partial charge < -0.3 is 16.0 Å². The highest BCUT2D eigenvalue weighted by molar-refractivity contribution is 5.80. The van der Waals surface area contributed by atoms with Crippen LogP contribution in [0.15, 0.2) is 4.99 Å². The fourth-order valence-electron chi connectivity index (χ4n) is 2.91. The first-order valence-corrected chi connectivity index (χ1v) is 9.43. The molecule has 1 saturated carbocycles. The van der Waals surface area contributed by atoms with Gasteiger partial charge in [-0.2, -0.15) is 0 Å². The molecule has 1 rings (SSSR count). The molecule has 5 heteroatoms. The molecular weight excluding hydrogens is 288 g/mol. The van der Waals surface area contributed by atoms with E-state index >= 15 is 0 Å². The van der Waals surface area contributed by atoms with Gasteiger partial charge in [-0.25, -0.2) is 0 Å². The van der Waals surface area contributed by atoms with Crippen molar-refractivity contribution < 1.29 is 4.79 Å². The van der Waals surface area contributed by atoms with Crippen molar-refractivity contribution >= 4 is 11.9 Å². The molecule has 0 spiro atoms. The molecule has 1 fully saturated rings. The molecule has 1 aliphatic rings. The van der Waals surface area contributed by atoms with Crippen LogP contribution in [-0.2, 0) is 4.79 Å². The summed E-state index contributed by atoms with van der Waals surface area (Å²) in [5.74, 6) is 2.05. The van der Waals surface area contributed by atoms with Crippen molar-refractivity contribution in [2.75, 3.05) is 26.2 Å². The van der Waals surface area contributed by atoms with Crippen molar-refractivity contribution in [3.05, 3.63) is 0 Å². The van der Waals surface area contributed by atoms with E-state index in [2.05, 4.69) is 41.7 Å². The number of rotatable bonds is 9. The van der Waals surface area contributed by atoms with Gasteiger partial charge in [0.05, 0.1) is 0 Å². The lowest BCUT2D eigenvalue weighted by molar-refractivity contribution is -0.125. The molecule has 0 radical (unpaired) electrons. The standard InChI is InChI=1S/C18H36N4O/c1-4-19-18(21-12-8-9-15(2)3)22-14-13-20-17(23)16-10-6-5-7-11-16/h15-16H,4-14H2,1-3H3,(H,20,23)(H2,19,21,22). The maximum atomic E-state index is 12.1. The third kappa shape index (κ3) is 9.47. The Morgan fingerprint density at radius 2 is 1.78 bits per heavy atom. The Morgan fingerprint density at radius 3 is 2.43 bits per heavy atom. The molecule has 0 unspecified atom stereocenters. The van der Waals surface area contributed by atoms with Crippen LogP contribution in [0.5, 0.6) is 0 Å². The molecule has 0 atom stereocenters. The highest BCUT2D eigenvalue weighted by Crippen LogP contribution is 2.23. The Hall–Kier alpha value is -1.26. The first-order chi connectivity index (χ1) is 11.1. The minimum absolute atomic E-state index is 0.227. The van der Waals surface area contributed by atoms with E-state index in [1.54, 1.807) is 0 Å². The van der Waals surface area contributed by atoms with Gasteiger partial charge in [-0.3, -0.25) is 9.79 Å². The summed E-state index contributed by atoms with van der Waals surface area (Å²) in [6, 6.07) is 0. The van der Waals surface area contributed by atoms with E-state index in [0.717, 1.165) is 44.2 Å². The Labute approximate surface area is 142 Å². The number of carbonyl (C=O) groups excluding carboxylic acids is 1. The van der Waals surface area contributed by atoms with E-state index in [9.17, 15) is 4.79 Å². The van der Waals surface area contributed by atoms with Crippen LogP contribution in [0.25, 0.3) is 0 Å². The minimum Gasteiger partial charge on any atom is -0.357 e. The third-order valence-corrected chi connectivity index (χ3v) is 4.25. The number of amides is 1. The molecule has 1 amide bonds. The Bertz CT molecular complexity index is 349. The normalized spacial score (nSPS) is 16.4. The topological polar surface area (TPSA) is 65.5 Å². The molecule has 0 aromatic heterocycles. The van der Waals surface area contributed by atoms with Crippen molar-refractivity contribution in [2.45, 2.75) is 65.7 Å². The van der Waals surface area contributed by atoms with Crippen LogP contribution in [0.1, 0.15) is 65.7 Å². The number of hydrogen-bond acceptors (Lipinski definition) is 2. The first-order valence-electron chi connectivity index (χ1n) is 9.43. The molecule has 0 aromatic rings. The zero-order chi connectivity index (χ0) is 16.9. The summed E-state index contributed by atoms with van der Waals surface area (Å²) >= 11 is 0. The van der Waals surface area contributed by atoms with Crippen LogP contribution in [0.2, 0.25) is 0 Å². The van der Waals surface area contributed by atoms with Crippen molar-refractivity contribution in [1.82, 2.24) is 16.0 Å². The molecule has 23 heavy (non-hydrogen) atoms. The number of nitrogens with one attached hydrogen (secondary N) is 3. The largest absolute Gasteiger partial charge is 0.357 e. The number of hydrogen-bond donors (Lipinski definition) is 3. The van der Waals surface area contributed by atoms with Crippen LogP contribution < -0.4 is 16.0 Å². The molecule has 0 bridgehead atoms. The fourth-order valence-corrected chi connectivity index (χ4v) is 2.91. The van der Waals surface area contributed by atoms with E-state index in [0.29, 0.717) is 13.1 Å². The number of carbonyl (C=O) groups is 1. The average Bonchev–Trinajstić information content (AvgIpc) is 2.55. The highest BCUT2D eigenvalue weighted by Gasteiger charge is 2.20. The quantitative estimate of drug-likeness (QED) is 0.347. The molecule has 0 aliphatic heterocycles. The SMILES string of the molecule is CCNC(=NCCCC(C)C)NCCNC(=O)C1CCCCC1. The van der Waals surface area contributed by atoms with Crippen molar-refractivity contribution in [3.63, 3.8) is 0 Å². The van der Waals surface area contributed by atoms with E-state index in [1.807, 2.05) is 0 Å². The van der Waals surface area contributed by atoms with Crippen LogP contribution in [0.4, 0.5) is 0 Å². The van der Waals surface area contributed by atoms with E-state index < -0.39 is 0 Å². The van der Waals surface area contributed by atoms with Crippen molar-refractivity contribution in [2.24, 2.45) is 16.8 Å². The van der Waals surface area contributed by atoms with Crippen molar-refractivity contribution in [1.29, 1.82) is 0 Å². The maximum absolute atomic E-state index is 12.1. The smallest absolute Gasteiger partial charge is 0.223 e. The summed E-state index contributed by atoms with van der Waals surface area (Å²) in [5, 5.41) is 9.59. The van der Waals surface area contributed by atoms with Crippen LogP contribution in [-0.4, -0.2) is 38.0 Å². The molecule has 3 N–H and O–H groups in total. The number of aliphatic imine (C=N–C) groups is 1. The van der Waals surface area contributed by atoms with E-state index in [-0.39, 0.29) is 11.8 Å². The Kier molecular flexibility index (Phi) is 10.5. The highest BCUT2D eigenvalue weighted by atomic mass is 16.1. The van der Waals surface area contributed by atoms with Crippen LogP contribution in [0.3, 0.4) is 0 Å². The van der Waals surface area contributed by atoms with Gasteiger partial charge in [-0.05, 0) is 38.5 Å². The predicted octanol–water partition coefficient (Wildman–Crippen LogP) is 2.67. The van der Waals surface area contributed by atoms with Gasteiger partial charge in [0.15, 0.2) is 5.96 Å². The number of nitrogens with zero attached hydrogens (tertiary/aromatic N) is 1. The predicted molar refractivity (Wildman–Crippen MR) is 97.6 cm³/mol. The minimum atomic E-state index is 0.227. The molecule has 0 saturated heterocycles. The summed E-state index contributed by atoms with van der Waals surface area (Å²) in [6.07, 6.45) is 8.12. The van der Waals surface area contributed by atoms with Gasteiger partial charge in [-0.1, -0.05) is 33.1 Å². The van der Waals surface area contributed by atoms with E-state index in [1.165, 1.54) is 25.7 Å². The third-order valence-electron chi connectivity index (χ3n) is 4.25. The second-order valence-corrected chi connectivity index (χ2v) is 6.85. The summed E-state index contributed by atoms with van der Waals surface area (Å²) in [5.41, 5.74) is 0. The number of guanidine groups is 1. The van der Waals surface area contributed by atoms with Gasteiger partial charge in [-0.15, -0.1) is 0 Å². The molecule has 134 valence electrons. The van der Waals surface area contributed by atoms with Gasteiger partial charge >= 0.3 is 0 Å². The second-order valence-electron chi connectivity index (χ2n) is 6.85. The molecular formula is C18H36N4O. The Morgan fingerprint density at radius 1 is 1.09 bits per heavy atom. The first kappa shape index (κ1) is 19.8. The monoisotopic (exact) mass is 324 g/mol. The van der Waals surface area contributed by atoms with Crippen LogP contribution in [0, 0.1) is 11.8 Å². The zero-order valence-corrected chi connectivity index (χ0v) is 15.3. The second kappa shape index (κ2) is 12.2. The fraction of sp³-hybridized carbons (Fsp3) is 0.889. The van der Waals surface area contributed by atoms with Gasteiger partial charge in [0.25, 0.3) is 0 Å². The summed E-state index contributed by atoms with van der Waals surface area (Å²) < 4.78 is 0. The summed E-state index contributed by atoms with van der Waals surface area (Å²) in [7, 11) is 0. The lowest BCUT2D eigenvalue weighted by Gasteiger charge is -2.21. The molecule has 0 heterocycles. The summed E-state index contributed by atoms with van der Waals surface area (Å²) in [4.78, 5) is 16.6. The molecule has 0 aromatic carbocycles. The van der Waals surface area contributed by atoms with Gasteiger partial charge in [0, 0.05) is 32.1 Å².